The van der Waals surface area contributed by atoms with Crippen LogP contribution in [0, 0.1) is 12.8 Å². The van der Waals surface area contributed by atoms with Crippen LogP contribution in [-0.4, -0.2) is 35.6 Å². The van der Waals surface area contributed by atoms with Crippen molar-refractivity contribution in [3.8, 4) is 0 Å². The summed E-state index contributed by atoms with van der Waals surface area (Å²) in [6.45, 7) is 5.42. The minimum Gasteiger partial charge on any atom is -0.376 e. The smallest absolute Gasteiger partial charge is 0.317 e. The highest BCUT2D eigenvalue weighted by atomic mass is 32.1. The Morgan fingerprint density at radius 3 is 3.00 bits per heavy atom. The molecule has 0 saturated carbocycles. The van der Waals surface area contributed by atoms with Gasteiger partial charge in [-0.1, -0.05) is 30.3 Å². The second kappa shape index (κ2) is 8.26. The predicted molar refractivity (Wildman–Crippen MR) is 94.9 cm³/mol. The molecule has 128 valence electrons. The number of hydrogen-bond donors (Lipinski definition) is 1. The average molecular weight is 345 g/mol. The number of hydrogen-bond acceptors (Lipinski definition) is 4. The fourth-order valence-electron chi connectivity index (χ4n) is 2.83. The molecule has 6 heteroatoms. The standard InChI is InChI=1S/C18H23N3O2S/c1-14-17(24-13-20-14)9-19-18(22)21-8-7-16(10-21)12-23-11-15-5-3-2-4-6-15/h2-6,13,16H,7-12H2,1H3,(H,19,22). The molecule has 1 unspecified atom stereocenters. The highest BCUT2D eigenvalue weighted by Gasteiger charge is 2.26. The van der Waals surface area contributed by atoms with Gasteiger partial charge in [-0.25, -0.2) is 9.78 Å². The molecule has 0 radical (unpaired) electrons. The van der Waals surface area contributed by atoms with Crippen LogP contribution >= 0.6 is 11.3 Å². The van der Waals surface area contributed by atoms with E-state index in [2.05, 4.69) is 22.4 Å². The van der Waals surface area contributed by atoms with Gasteiger partial charge in [-0.2, -0.15) is 0 Å². The van der Waals surface area contributed by atoms with Gasteiger partial charge in [-0.15, -0.1) is 11.3 Å². The number of urea groups is 1. The molecule has 1 N–H and O–H groups in total. The number of thiazole rings is 1. The maximum absolute atomic E-state index is 12.3. The van der Waals surface area contributed by atoms with E-state index in [0.717, 1.165) is 30.1 Å². The predicted octanol–water partition coefficient (Wildman–Crippen LogP) is 3.20. The monoisotopic (exact) mass is 345 g/mol. The van der Waals surface area contributed by atoms with Gasteiger partial charge in [0.15, 0.2) is 0 Å². The Labute approximate surface area is 146 Å². The van der Waals surface area contributed by atoms with E-state index >= 15 is 0 Å². The summed E-state index contributed by atoms with van der Waals surface area (Å²) >= 11 is 1.58. The van der Waals surface area contributed by atoms with Crippen molar-refractivity contribution >= 4 is 17.4 Å². The number of benzene rings is 1. The number of aryl methyl sites for hydroxylation is 1. The molecule has 5 nitrogen and oxygen atoms in total. The van der Waals surface area contributed by atoms with Crippen LogP contribution < -0.4 is 5.32 Å². The molecule has 24 heavy (non-hydrogen) atoms. The van der Waals surface area contributed by atoms with Crippen molar-refractivity contribution in [3.63, 3.8) is 0 Å². The molecule has 1 saturated heterocycles. The van der Waals surface area contributed by atoms with Gasteiger partial charge >= 0.3 is 6.03 Å². The average Bonchev–Trinajstić information content (AvgIpc) is 3.23. The zero-order valence-electron chi connectivity index (χ0n) is 13.9. The molecule has 0 bridgehead atoms. The van der Waals surface area contributed by atoms with Crippen LogP contribution in [0.3, 0.4) is 0 Å². The number of carbonyl (C=O) groups excluding carboxylic acids is 1. The van der Waals surface area contributed by atoms with E-state index in [0.29, 0.717) is 25.7 Å². The normalized spacial score (nSPS) is 17.2. The summed E-state index contributed by atoms with van der Waals surface area (Å²) in [5.41, 5.74) is 3.99. The Balaban J connectivity index is 1.37. The summed E-state index contributed by atoms with van der Waals surface area (Å²) < 4.78 is 5.80. The molecule has 1 atom stereocenters. The summed E-state index contributed by atoms with van der Waals surface area (Å²) in [5.74, 6) is 0.421. The van der Waals surface area contributed by atoms with Crippen LogP contribution in [0.15, 0.2) is 35.8 Å². The van der Waals surface area contributed by atoms with Crippen molar-refractivity contribution < 1.29 is 9.53 Å². The van der Waals surface area contributed by atoms with Crippen LogP contribution in [0.25, 0.3) is 0 Å². The first kappa shape index (κ1) is 16.9. The van der Waals surface area contributed by atoms with E-state index in [1.807, 2.05) is 35.5 Å². The van der Waals surface area contributed by atoms with Gasteiger partial charge in [-0.05, 0) is 18.9 Å². The van der Waals surface area contributed by atoms with Gasteiger partial charge in [0.25, 0.3) is 0 Å². The summed E-state index contributed by atoms with van der Waals surface area (Å²) in [5, 5.41) is 2.99. The molecule has 2 heterocycles. The number of rotatable bonds is 6. The number of amides is 2. The fraction of sp³-hybridized carbons (Fsp3) is 0.444. The number of carbonyl (C=O) groups is 1. The maximum atomic E-state index is 12.3. The third-order valence-electron chi connectivity index (χ3n) is 4.28. The molecule has 1 aromatic carbocycles. The zero-order valence-corrected chi connectivity index (χ0v) is 14.7. The van der Waals surface area contributed by atoms with Crippen molar-refractivity contribution in [1.82, 2.24) is 15.2 Å². The van der Waals surface area contributed by atoms with Crippen molar-refractivity contribution in [2.24, 2.45) is 5.92 Å². The summed E-state index contributed by atoms with van der Waals surface area (Å²) in [7, 11) is 0. The molecular formula is C18H23N3O2S. The van der Waals surface area contributed by atoms with Gasteiger partial charge in [-0.3, -0.25) is 0 Å². The van der Waals surface area contributed by atoms with Crippen LogP contribution in [0.4, 0.5) is 4.79 Å². The number of aromatic nitrogens is 1. The summed E-state index contributed by atoms with van der Waals surface area (Å²) in [4.78, 5) is 19.4. The first-order valence-corrected chi connectivity index (χ1v) is 9.13. The molecule has 1 aliphatic heterocycles. The Hall–Kier alpha value is -1.92. The number of nitrogens with zero attached hydrogens (tertiary/aromatic N) is 2. The third-order valence-corrected chi connectivity index (χ3v) is 5.22. The molecule has 1 aliphatic rings. The molecule has 2 aromatic rings. The van der Waals surface area contributed by atoms with Crippen molar-refractivity contribution in [2.45, 2.75) is 26.5 Å². The minimum absolute atomic E-state index is 0.00774. The van der Waals surface area contributed by atoms with Crippen LogP contribution in [0.5, 0.6) is 0 Å². The molecule has 1 aromatic heterocycles. The Kier molecular flexibility index (Phi) is 5.82. The maximum Gasteiger partial charge on any atom is 0.317 e. The van der Waals surface area contributed by atoms with Gasteiger partial charge in [0.2, 0.25) is 0 Å². The van der Waals surface area contributed by atoms with Crippen molar-refractivity contribution in [2.75, 3.05) is 19.7 Å². The van der Waals surface area contributed by atoms with Gasteiger partial charge in [0.05, 0.1) is 31.0 Å². The zero-order chi connectivity index (χ0) is 16.8. The van der Waals surface area contributed by atoms with Crippen molar-refractivity contribution in [3.05, 3.63) is 52.0 Å². The van der Waals surface area contributed by atoms with E-state index in [1.165, 1.54) is 5.56 Å². The largest absolute Gasteiger partial charge is 0.376 e. The quantitative estimate of drug-likeness (QED) is 0.875. The van der Waals surface area contributed by atoms with Gasteiger partial charge in [0, 0.05) is 23.9 Å². The molecular weight excluding hydrogens is 322 g/mol. The van der Waals surface area contributed by atoms with Gasteiger partial charge < -0.3 is 15.0 Å². The summed E-state index contributed by atoms with van der Waals surface area (Å²) in [6.07, 6.45) is 1.00. The number of nitrogens with one attached hydrogen (secondary N) is 1. The van der Waals surface area contributed by atoms with E-state index in [9.17, 15) is 4.79 Å². The lowest BCUT2D eigenvalue weighted by Crippen LogP contribution is -2.38. The van der Waals surface area contributed by atoms with Crippen LogP contribution in [0.2, 0.25) is 0 Å². The lowest BCUT2D eigenvalue weighted by molar-refractivity contribution is 0.0897. The molecule has 3 rings (SSSR count). The minimum atomic E-state index is 0.00774. The van der Waals surface area contributed by atoms with E-state index < -0.39 is 0 Å². The topological polar surface area (TPSA) is 54.5 Å². The van der Waals surface area contributed by atoms with Crippen molar-refractivity contribution in [1.29, 1.82) is 0 Å². The fourth-order valence-corrected chi connectivity index (χ4v) is 3.55. The third kappa shape index (κ3) is 4.55. The molecule has 0 spiro atoms. The Morgan fingerprint density at radius 1 is 1.42 bits per heavy atom. The highest BCUT2D eigenvalue weighted by Crippen LogP contribution is 2.18. The summed E-state index contributed by atoms with van der Waals surface area (Å²) in [6, 6.07) is 10.2. The van der Waals surface area contributed by atoms with E-state index in [-0.39, 0.29) is 6.03 Å². The highest BCUT2D eigenvalue weighted by molar-refractivity contribution is 7.09. The SMILES string of the molecule is Cc1ncsc1CNC(=O)N1CCC(COCc2ccccc2)C1. The number of likely N-dealkylation sites (tertiary alicyclic amines) is 1. The van der Waals surface area contributed by atoms with E-state index in [4.69, 9.17) is 4.74 Å². The molecule has 1 fully saturated rings. The Morgan fingerprint density at radius 2 is 2.25 bits per heavy atom. The van der Waals surface area contributed by atoms with Crippen LogP contribution in [-0.2, 0) is 17.9 Å². The number of ether oxygens (including phenoxy) is 1. The van der Waals surface area contributed by atoms with Crippen LogP contribution in [0.1, 0.15) is 22.6 Å². The molecule has 2 amide bonds. The van der Waals surface area contributed by atoms with Gasteiger partial charge in [0.1, 0.15) is 0 Å². The first-order chi connectivity index (χ1) is 11.7. The second-order valence-corrected chi connectivity index (χ2v) is 7.06. The molecule has 0 aliphatic carbocycles. The van der Waals surface area contributed by atoms with E-state index in [1.54, 1.807) is 11.3 Å². The first-order valence-electron chi connectivity index (χ1n) is 8.26. The lowest BCUT2D eigenvalue weighted by atomic mass is 10.1. The lowest BCUT2D eigenvalue weighted by Gasteiger charge is -2.17. The Bertz CT molecular complexity index is 659. The second-order valence-electron chi connectivity index (χ2n) is 6.12.